The second kappa shape index (κ2) is 9.99. The highest BCUT2D eigenvalue weighted by molar-refractivity contribution is 7.89. The van der Waals surface area contributed by atoms with Crippen LogP contribution in [0, 0.1) is 6.92 Å². The molecule has 0 radical (unpaired) electrons. The lowest BCUT2D eigenvalue weighted by molar-refractivity contribution is -0.116. The van der Waals surface area contributed by atoms with Crippen LogP contribution in [0.1, 0.15) is 19.7 Å². The normalized spacial score (nSPS) is 11.7. The van der Waals surface area contributed by atoms with Crippen molar-refractivity contribution in [1.82, 2.24) is 19.1 Å². The van der Waals surface area contributed by atoms with Crippen LogP contribution < -0.4 is 5.32 Å². The van der Waals surface area contributed by atoms with E-state index in [9.17, 15) is 13.2 Å². The van der Waals surface area contributed by atoms with Crippen molar-refractivity contribution in [3.8, 4) is 11.4 Å². The molecule has 0 atom stereocenters. The van der Waals surface area contributed by atoms with Gasteiger partial charge in [-0.25, -0.2) is 18.1 Å². The summed E-state index contributed by atoms with van der Waals surface area (Å²) in [6, 6.07) is 11.2. The molecule has 0 spiro atoms. The molecule has 3 aromatic rings. The summed E-state index contributed by atoms with van der Waals surface area (Å²) in [4.78, 5) is 17.2. The van der Waals surface area contributed by atoms with E-state index in [1.165, 1.54) is 21.1 Å². The summed E-state index contributed by atoms with van der Waals surface area (Å²) >= 11 is 12.1. The van der Waals surface area contributed by atoms with Crippen molar-refractivity contribution < 1.29 is 13.2 Å². The topological polar surface area (TPSA) is 97.2 Å². The molecule has 0 aliphatic carbocycles. The Morgan fingerprint density at radius 1 is 1.09 bits per heavy atom. The minimum Gasteiger partial charge on any atom is -0.324 e. The van der Waals surface area contributed by atoms with Gasteiger partial charge in [0.2, 0.25) is 15.9 Å². The number of hydrogen-bond donors (Lipinski definition) is 1. The summed E-state index contributed by atoms with van der Waals surface area (Å²) in [5, 5.41) is 7.80. The minimum atomic E-state index is -3.63. The molecule has 1 aromatic heterocycles. The number of anilines is 1. The highest BCUT2D eigenvalue weighted by Crippen LogP contribution is 2.28. The Balaban J connectivity index is 1.81. The van der Waals surface area contributed by atoms with E-state index in [4.69, 9.17) is 23.2 Å². The number of nitrogens with one attached hydrogen (secondary N) is 1. The number of carbonyl (C=O) groups excluding carboxylic acids is 1. The zero-order valence-corrected chi connectivity index (χ0v) is 20.2. The second-order valence-corrected chi connectivity index (χ2v) is 9.69. The van der Waals surface area contributed by atoms with Crippen molar-refractivity contribution in [3.63, 3.8) is 0 Å². The Hall–Kier alpha value is -2.46. The van der Waals surface area contributed by atoms with Crippen molar-refractivity contribution in [3.05, 3.63) is 58.3 Å². The van der Waals surface area contributed by atoms with Crippen LogP contribution in [0.15, 0.2) is 47.4 Å². The molecule has 0 fully saturated rings. The van der Waals surface area contributed by atoms with E-state index in [0.717, 1.165) is 0 Å². The fraction of sp³-hybridized carbons (Fsp3) is 0.286. The van der Waals surface area contributed by atoms with Crippen LogP contribution in [0.2, 0.25) is 10.0 Å². The summed E-state index contributed by atoms with van der Waals surface area (Å²) in [7, 11) is -3.63. The standard InChI is InChI=1S/C21H23Cl2N5O3S/c1-4-27(5-2)32(30,31)17-8-6-7-16(12-17)25-20(29)13-28-21(24-14(3)26-28)15-9-10-18(22)19(23)11-15/h6-12H,4-5,13H2,1-3H3,(H,25,29). The third kappa shape index (κ3) is 5.29. The number of benzene rings is 2. The Labute approximate surface area is 197 Å². The molecular weight excluding hydrogens is 473 g/mol. The molecule has 11 heteroatoms. The van der Waals surface area contributed by atoms with E-state index in [-0.39, 0.29) is 17.3 Å². The Bertz CT molecular complexity index is 1240. The molecule has 0 aliphatic heterocycles. The van der Waals surface area contributed by atoms with Gasteiger partial charge in [0.1, 0.15) is 12.4 Å². The van der Waals surface area contributed by atoms with Gasteiger partial charge in [-0.3, -0.25) is 4.79 Å². The van der Waals surface area contributed by atoms with Gasteiger partial charge in [-0.05, 0) is 43.3 Å². The van der Waals surface area contributed by atoms with E-state index in [1.807, 2.05) is 0 Å². The highest BCUT2D eigenvalue weighted by Gasteiger charge is 2.22. The van der Waals surface area contributed by atoms with Crippen LogP contribution in [0.5, 0.6) is 0 Å². The average molecular weight is 496 g/mol. The molecule has 1 amide bonds. The number of nitrogens with zero attached hydrogens (tertiary/aromatic N) is 4. The molecule has 170 valence electrons. The number of amides is 1. The van der Waals surface area contributed by atoms with E-state index in [2.05, 4.69) is 15.4 Å². The van der Waals surface area contributed by atoms with E-state index in [1.54, 1.807) is 51.1 Å². The van der Waals surface area contributed by atoms with Crippen molar-refractivity contribution in [1.29, 1.82) is 0 Å². The van der Waals surface area contributed by atoms with E-state index >= 15 is 0 Å². The predicted octanol–water partition coefficient (Wildman–Crippen LogP) is 4.23. The number of sulfonamides is 1. The molecule has 32 heavy (non-hydrogen) atoms. The first-order chi connectivity index (χ1) is 15.1. The van der Waals surface area contributed by atoms with Gasteiger partial charge in [0, 0.05) is 24.3 Å². The number of aromatic nitrogens is 3. The van der Waals surface area contributed by atoms with Gasteiger partial charge in [0.15, 0.2) is 5.82 Å². The highest BCUT2D eigenvalue weighted by atomic mass is 35.5. The molecule has 0 saturated heterocycles. The SMILES string of the molecule is CCN(CC)S(=O)(=O)c1cccc(NC(=O)Cn2nc(C)nc2-c2ccc(Cl)c(Cl)c2)c1. The molecule has 0 aliphatic rings. The Morgan fingerprint density at radius 3 is 2.47 bits per heavy atom. The summed E-state index contributed by atoms with van der Waals surface area (Å²) in [6.07, 6.45) is 0. The van der Waals surface area contributed by atoms with Gasteiger partial charge < -0.3 is 5.32 Å². The first-order valence-electron chi connectivity index (χ1n) is 9.92. The summed E-state index contributed by atoms with van der Waals surface area (Å²) in [5.74, 6) is 0.578. The fourth-order valence-electron chi connectivity index (χ4n) is 3.20. The first kappa shape index (κ1) is 24.2. The third-order valence-corrected chi connectivity index (χ3v) is 7.49. The zero-order valence-electron chi connectivity index (χ0n) is 17.8. The smallest absolute Gasteiger partial charge is 0.246 e. The quantitative estimate of drug-likeness (QED) is 0.504. The molecule has 1 N–H and O–H groups in total. The van der Waals surface area contributed by atoms with Crippen LogP contribution in [-0.2, 0) is 21.4 Å². The molecule has 0 unspecified atom stereocenters. The molecule has 1 heterocycles. The van der Waals surface area contributed by atoms with Crippen molar-refractivity contribution in [2.75, 3.05) is 18.4 Å². The lowest BCUT2D eigenvalue weighted by atomic mass is 10.2. The van der Waals surface area contributed by atoms with Gasteiger partial charge in [0.25, 0.3) is 0 Å². The second-order valence-electron chi connectivity index (χ2n) is 6.93. The van der Waals surface area contributed by atoms with Gasteiger partial charge in [-0.2, -0.15) is 9.40 Å². The number of halogens is 2. The fourth-order valence-corrected chi connectivity index (χ4v) is 5.00. The number of aryl methyl sites for hydroxylation is 1. The monoisotopic (exact) mass is 495 g/mol. The Morgan fingerprint density at radius 2 is 1.81 bits per heavy atom. The van der Waals surface area contributed by atoms with Crippen LogP contribution in [0.25, 0.3) is 11.4 Å². The van der Waals surface area contributed by atoms with Gasteiger partial charge in [-0.1, -0.05) is 43.1 Å². The lowest BCUT2D eigenvalue weighted by Crippen LogP contribution is -2.30. The summed E-state index contributed by atoms with van der Waals surface area (Å²) in [6.45, 7) is 5.87. The van der Waals surface area contributed by atoms with Crippen LogP contribution >= 0.6 is 23.2 Å². The number of rotatable bonds is 8. The maximum absolute atomic E-state index is 12.7. The molecule has 3 rings (SSSR count). The zero-order chi connectivity index (χ0) is 23.5. The molecule has 2 aromatic carbocycles. The lowest BCUT2D eigenvalue weighted by Gasteiger charge is -2.18. The van der Waals surface area contributed by atoms with Crippen LogP contribution in [-0.4, -0.2) is 46.5 Å². The van der Waals surface area contributed by atoms with E-state index < -0.39 is 10.0 Å². The largest absolute Gasteiger partial charge is 0.324 e. The first-order valence-corrected chi connectivity index (χ1v) is 12.1. The predicted molar refractivity (Wildman–Crippen MR) is 125 cm³/mol. The summed E-state index contributed by atoms with van der Waals surface area (Å²) < 4.78 is 28.3. The van der Waals surface area contributed by atoms with Crippen molar-refractivity contribution >= 4 is 44.8 Å². The van der Waals surface area contributed by atoms with Crippen molar-refractivity contribution in [2.24, 2.45) is 0 Å². The van der Waals surface area contributed by atoms with Crippen molar-refractivity contribution in [2.45, 2.75) is 32.2 Å². The maximum atomic E-state index is 12.7. The van der Waals surface area contributed by atoms with Gasteiger partial charge in [-0.15, -0.1) is 0 Å². The molecule has 0 saturated carbocycles. The summed E-state index contributed by atoms with van der Waals surface area (Å²) in [5.41, 5.74) is 1.04. The van der Waals surface area contributed by atoms with Crippen LogP contribution in [0.4, 0.5) is 5.69 Å². The third-order valence-electron chi connectivity index (χ3n) is 4.71. The van der Waals surface area contributed by atoms with Gasteiger partial charge in [0.05, 0.1) is 14.9 Å². The minimum absolute atomic E-state index is 0.118. The Kier molecular flexibility index (Phi) is 7.55. The maximum Gasteiger partial charge on any atom is 0.246 e. The van der Waals surface area contributed by atoms with Gasteiger partial charge >= 0.3 is 0 Å². The molecule has 0 bridgehead atoms. The molecular formula is C21H23Cl2N5O3S. The van der Waals surface area contributed by atoms with Crippen LogP contribution in [0.3, 0.4) is 0 Å². The number of carbonyl (C=O) groups is 1. The number of hydrogen-bond acceptors (Lipinski definition) is 5. The van der Waals surface area contributed by atoms with E-state index in [0.29, 0.717) is 46.0 Å². The average Bonchev–Trinajstić information content (AvgIpc) is 3.10. The molecule has 8 nitrogen and oxygen atoms in total.